The predicted octanol–water partition coefficient (Wildman–Crippen LogP) is 3.74. The first-order valence-electron chi connectivity index (χ1n) is 8.74. The Labute approximate surface area is 160 Å². The van der Waals surface area contributed by atoms with Crippen molar-refractivity contribution in [1.29, 1.82) is 0 Å². The highest BCUT2D eigenvalue weighted by Crippen LogP contribution is 2.13. The molecule has 1 amide bonds. The average Bonchev–Trinajstić information content (AvgIpc) is 2.67. The summed E-state index contributed by atoms with van der Waals surface area (Å²) in [5.74, 6) is 0.499. The van der Waals surface area contributed by atoms with Crippen LogP contribution in [0.15, 0.2) is 54.6 Å². The molecule has 0 aliphatic carbocycles. The third kappa shape index (κ3) is 6.37. The number of nitrogens with one attached hydrogen (secondary N) is 3. The van der Waals surface area contributed by atoms with Crippen molar-refractivity contribution in [2.75, 3.05) is 6.61 Å². The van der Waals surface area contributed by atoms with E-state index in [1.165, 1.54) is 0 Å². The van der Waals surface area contributed by atoms with Gasteiger partial charge in [-0.3, -0.25) is 15.6 Å². The van der Waals surface area contributed by atoms with E-state index in [4.69, 9.17) is 17.0 Å². The number of unbranched alkanes of at least 4 members (excludes halogenated alkanes) is 1. The molecule has 138 valence electrons. The van der Waals surface area contributed by atoms with Crippen molar-refractivity contribution >= 4 is 23.2 Å². The summed E-state index contributed by atoms with van der Waals surface area (Å²) >= 11 is 5.22. The summed E-state index contributed by atoms with van der Waals surface area (Å²) in [6, 6.07) is 17.0. The van der Waals surface area contributed by atoms with Crippen LogP contribution < -0.4 is 20.9 Å². The highest BCUT2D eigenvalue weighted by molar-refractivity contribution is 7.80. The second-order valence-corrected chi connectivity index (χ2v) is 6.32. The Morgan fingerprint density at radius 2 is 1.77 bits per heavy atom. The minimum absolute atomic E-state index is 0.0349. The number of thiocarbonyl (C=S) groups is 1. The molecule has 0 saturated carbocycles. The standard InChI is InChI=1S/C20H25N3O2S/c1-3-4-14-25-18-12-10-17(11-13-18)19(24)22-23-20(26)21-15(2)16-8-6-5-7-9-16/h5-13,15H,3-4,14H2,1-2H3,(H,22,24)(H2,21,23,26). The number of hydrogen-bond acceptors (Lipinski definition) is 3. The molecule has 6 heteroatoms. The Bertz CT molecular complexity index is 705. The molecule has 0 spiro atoms. The van der Waals surface area contributed by atoms with Gasteiger partial charge < -0.3 is 10.1 Å². The van der Waals surface area contributed by atoms with Crippen LogP contribution in [-0.4, -0.2) is 17.6 Å². The summed E-state index contributed by atoms with van der Waals surface area (Å²) in [6.45, 7) is 4.80. The van der Waals surface area contributed by atoms with Gasteiger partial charge in [-0.1, -0.05) is 43.7 Å². The van der Waals surface area contributed by atoms with Gasteiger partial charge in [0.1, 0.15) is 5.75 Å². The quantitative estimate of drug-likeness (QED) is 0.393. The zero-order chi connectivity index (χ0) is 18.8. The van der Waals surface area contributed by atoms with Gasteiger partial charge in [0.15, 0.2) is 5.11 Å². The Morgan fingerprint density at radius 3 is 2.42 bits per heavy atom. The van der Waals surface area contributed by atoms with Gasteiger partial charge >= 0.3 is 0 Å². The molecular formula is C20H25N3O2S. The normalized spacial score (nSPS) is 11.3. The highest BCUT2D eigenvalue weighted by atomic mass is 32.1. The van der Waals surface area contributed by atoms with E-state index in [0.29, 0.717) is 17.3 Å². The maximum absolute atomic E-state index is 12.2. The topological polar surface area (TPSA) is 62.4 Å². The molecule has 2 rings (SSSR count). The van der Waals surface area contributed by atoms with Crippen molar-refractivity contribution in [3.63, 3.8) is 0 Å². The van der Waals surface area contributed by atoms with Gasteiger partial charge in [0.2, 0.25) is 0 Å². The minimum atomic E-state index is -0.262. The second-order valence-electron chi connectivity index (χ2n) is 5.91. The Balaban J connectivity index is 1.77. The maximum Gasteiger partial charge on any atom is 0.269 e. The van der Waals surface area contributed by atoms with Gasteiger partial charge in [-0.2, -0.15) is 0 Å². The first-order valence-corrected chi connectivity index (χ1v) is 9.15. The number of carbonyl (C=O) groups excluding carboxylic acids is 1. The third-order valence-corrected chi connectivity index (χ3v) is 4.04. The van der Waals surface area contributed by atoms with Crippen LogP contribution in [0.4, 0.5) is 0 Å². The largest absolute Gasteiger partial charge is 0.494 e. The van der Waals surface area contributed by atoms with Gasteiger partial charge in [-0.25, -0.2) is 0 Å². The van der Waals surface area contributed by atoms with E-state index in [-0.39, 0.29) is 11.9 Å². The first kappa shape index (κ1) is 19.7. The van der Waals surface area contributed by atoms with Crippen LogP contribution in [0.3, 0.4) is 0 Å². The SMILES string of the molecule is CCCCOc1ccc(C(=O)NNC(=S)NC(C)c2ccccc2)cc1. The number of amides is 1. The molecule has 1 atom stereocenters. The molecule has 1 unspecified atom stereocenters. The van der Waals surface area contributed by atoms with Crippen molar-refractivity contribution in [2.24, 2.45) is 0 Å². The summed E-state index contributed by atoms with van der Waals surface area (Å²) in [6.07, 6.45) is 2.10. The summed E-state index contributed by atoms with van der Waals surface area (Å²) in [5.41, 5.74) is 6.96. The molecule has 2 aromatic rings. The molecule has 0 aliphatic heterocycles. The van der Waals surface area contributed by atoms with E-state index in [9.17, 15) is 4.79 Å². The minimum Gasteiger partial charge on any atom is -0.494 e. The van der Waals surface area contributed by atoms with Crippen LogP contribution in [-0.2, 0) is 0 Å². The van der Waals surface area contributed by atoms with Gasteiger partial charge in [0.05, 0.1) is 12.6 Å². The summed E-state index contributed by atoms with van der Waals surface area (Å²) in [4.78, 5) is 12.2. The van der Waals surface area contributed by atoms with Crippen molar-refractivity contribution in [1.82, 2.24) is 16.2 Å². The van der Waals surface area contributed by atoms with Crippen molar-refractivity contribution < 1.29 is 9.53 Å². The smallest absolute Gasteiger partial charge is 0.269 e. The van der Waals surface area contributed by atoms with Crippen LogP contribution in [0.25, 0.3) is 0 Å². The molecule has 0 aromatic heterocycles. The third-order valence-electron chi connectivity index (χ3n) is 3.82. The fourth-order valence-electron chi connectivity index (χ4n) is 2.28. The van der Waals surface area contributed by atoms with Crippen LogP contribution in [0.1, 0.15) is 48.7 Å². The number of hydrazine groups is 1. The van der Waals surface area contributed by atoms with Crippen molar-refractivity contribution in [3.8, 4) is 5.75 Å². The van der Waals surface area contributed by atoms with E-state index < -0.39 is 0 Å². The van der Waals surface area contributed by atoms with Crippen molar-refractivity contribution in [3.05, 3.63) is 65.7 Å². The zero-order valence-corrected chi connectivity index (χ0v) is 15.9. The van der Waals surface area contributed by atoms with E-state index in [1.54, 1.807) is 24.3 Å². The van der Waals surface area contributed by atoms with Gasteiger partial charge in [0.25, 0.3) is 5.91 Å². The molecule has 0 bridgehead atoms. The molecule has 0 aliphatic rings. The fourth-order valence-corrected chi connectivity index (χ4v) is 2.51. The molecular weight excluding hydrogens is 346 g/mol. The molecule has 5 nitrogen and oxygen atoms in total. The second kappa shape index (κ2) is 10.4. The van der Waals surface area contributed by atoms with Crippen LogP contribution in [0.5, 0.6) is 5.75 Å². The van der Waals surface area contributed by atoms with Gasteiger partial charge in [0, 0.05) is 5.56 Å². The number of rotatable bonds is 7. The lowest BCUT2D eigenvalue weighted by molar-refractivity contribution is 0.0943. The van der Waals surface area contributed by atoms with Crippen LogP contribution >= 0.6 is 12.2 Å². The number of benzene rings is 2. The Hall–Kier alpha value is -2.60. The molecule has 0 heterocycles. The lowest BCUT2D eigenvalue weighted by Gasteiger charge is -2.17. The number of hydrogen-bond donors (Lipinski definition) is 3. The summed E-state index contributed by atoms with van der Waals surface area (Å²) in [7, 11) is 0. The Morgan fingerprint density at radius 1 is 1.08 bits per heavy atom. The molecule has 0 fully saturated rings. The lowest BCUT2D eigenvalue weighted by Crippen LogP contribution is -2.47. The van der Waals surface area contributed by atoms with Gasteiger partial charge in [-0.05, 0) is 55.4 Å². The predicted molar refractivity (Wildman–Crippen MR) is 108 cm³/mol. The van der Waals surface area contributed by atoms with Crippen LogP contribution in [0, 0.1) is 0 Å². The molecule has 0 saturated heterocycles. The lowest BCUT2D eigenvalue weighted by atomic mass is 10.1. The first-order chi connectivity index (χ1) is 12.6. The molecule has 3 N–H and O–H groups in total. The molecule has 2 aromatic carbocycles. The number of carbonyl (C=O) groups is 1. The Kier molecular flexibility index (Phi) is 7.89. The molecule has 26 heavy (non-hydrogen) atoms. The summed E-state index contributed by atoms with van der Waals surface area (Å²) in [5, 5.41) is 3.48. The number of ether oxygens (including phenoxy) is 1. The van der Waals surface area contributed by atoms with Gasteiger partial charge in [-0.15, -0.1) is 0 Å². The summed E-state index contributed by atoms with van der Waals surface area (Å²) < 4.78 is 5.59. The maximum atomic E-state index is 12.2. The average molecular weight is 372 g/mol. The highest BCUT2D eigenvalue weighted by Gasteiger charge is 2.09. The van der Waals surface area contributed by atoms with E-state index in [0.717, 1.165) is 24.2 Å². The van der Waals surface area contributed by atoms with E-state index in [1.807, 2.05) is 37.3 Å². The monoisotopic (exact) mass is 371 g/mol. The van der Waals surface area contributed by atoms with E-state index >= 15 is 0 Å². The molecule has 0 radical (unpaired) electrons. The van der Waals surface area contributed by atoms with Crippen LogP contribution in [0.2, 0.25) is 0 Å². The van der Waals surface area contributed by atoms with E-state index in [2.05, 4.69) is 23.1 Å². The van der Waals surface area contributed by atoms with Crippen molar-refractivity contribution in [2.45, 2.75) is 32.7 Å². The zero-order valence-electron chi connectivity index (χ0n) is 15.1. The fraction of sp³-hybridized carbons (Fsp3) is 0.300.